The maximum atomic E-state index is 10.5. The second-order valence-corrected chi connectivity index (χ2v) is 6.53. The van der Waals surface area contributed by atoms with Crippen molar-refractivity contribution in [1.29, 1.82) is 0 Å². The van der Waals surface area contributed by atoms with Crippen molar-refractivity contribution in [3.63, 3.8) is 0 Å². The highest BCUT2D eigenvalue weighted by molar-refractivity contribution is 14.0. The molecule has 2 rings (SSSR count). The summed E-state index contributed by atoms with van der Waals surface area (Å²) in [7, 11) is 0. The van der Waals surface area contributed by atoms with Crippen LogP contribution in [0.3, 0.4) is 0 Å². The summed E-state index contributed by atoms with van der Waals surface area (Å²) in [6.07, 6.45) is 7.76. The Labute approximate surface area is 166 Å². The fraction of sp³-hybridized carbons (Fsp3) is 0.647. The molecule has 1 aromatic rings. The Kier molecular flexibility index (Phi) is 9.92. The van der Waals surface area contributed by atoms with E-state index in [4.69, 9.17) is 11.6 Å². The molecule has 24 heavy (non-hydrogen) atoms. The normalized spacial score (nSPS) is 17.0. The third kappa shape index (κ3) is 7.53. The SMILES string of the molecule is CCNC(=NCC1(O)CCCCC1)NCCc1ccc(Cl)nc1.I. The predicted molar refractivity (Wildman–Crippen MR) is 110 cm³/mol. The number of aliphatic imine (C=N–C) groups is 1. The fourth-order valence-corrected chi connectivity index (χ4v) is 2.93. The maximum absolute atomic E-state index is 10.5. The third-order valence-electron chi connectivity index (χ3n) is 4.15. The minimum Gasteiger partial charge on any atom is -0.388 e. The first kappa shape index (κ1) is 21.4. The molecule has 5 nitrogen and oxygen atoms in total. The molecular weight excluding hydrogens is 439 g/mol. The first-order valence-corrected chi connectivity index (χ1v) is 8.84. The lowest BCUT2D eigenvalue weighted by Crippen LogP contribution is -2.41. The van der Waals surface area contributed by atoms with Gasteiger partial charge in [0, 0.05) is 19.3 Å². The monoisotopic (exact) mass is 466 g/mol. The number of pyridine rings is 1. The van der Waals surface area contributed by atoms with Crippen LogP contribution in [0, 0.1) is 0 Å². The molecular formula is C17H28ClIN4O. The van der Waals surface area contributed by atoms with E-state index in [0.29, 0.717) is 11.7 Å². The molecule has 136 valence electrons. The number of aliphatic hydroxyl groups is 1. The van der Waals surface area contributed by atoms with Gasteiger partial charge in [0.15, 0.2) is 5.96 Å². The van der Waals surface area contributed by atoms with Gasteiger partial charge in [0.1, 0.15) is 5.15 Å². The molecule has 0 spiro atoms. The number of nitrogens with one attached hydrogen (secondary N) is 2. The summed E-state index contributed by atoms with van der Waals surface area (Å²) in [5.74, 6) is 0.758. The second-order valence-electron chi connectivity index (χ2n) is 6.15. The number of hydrogen-bond donors (Lipinski definition) is 3. The van der Waals surface area contributed by atoms with E-state index in [-0.39, 0.29) is 24.0 Å². The highest BCUT2D eigenvalue weighted by Gasteiger charge is 2.28. The summed E-state index contributed by atoms with van der Waals surface area (Å²) < 4.78 is 0. The second kappa shape index (κ2) is 11.1. The van der Waals surface area contributed by atoms with E-state index in [0.717, 1.165) is 56.7 Å². The molecule has 1 aliphatic carbocycles. The Morgan fingerprint density at radius 1 is 1.29 bits per heavy atom. The quantitative estimate of drug-likeness (QED) is 0.261. The molecule has 0 bridgehead atoms. The summed E-state index contributed by atoms with van der Waals surface area (Å²) >= 11 is 5.79. The lowest BCUT2D eigenvalue weighted by Gasteiger charge is -2.30. The van der Waals surface area contributed by atoms with Crippen molar-refractivity contribution < 1.29 is 5.11 Å². The van der Waals surface area contributed by atoms with Crippen molar-refractivity contribution >= 4 is 41.5 Å². The maximum Gasteiger partial charge on any atom is 0.191 e. The predicted octanol–water partition coefficient (Wildman–Crippen LogP) is 3.15. The number of hydrogen-bond acceptors (Lipinski definition) is 3. The number of guanidine groups is 1. The van der Waals surface area contributed by atoms with Crippen molar-refractivity contribution in [3.8, 4) is 0 Å². The fourth-order valence-electron chi connectivity index (χ4n) is 2.82. The van der Waals surface area contributed by atoms with Crippen molar-refractivity contribution in [2.75, 3.05) is 19.6 Å². The van der Waals surface area contributed by atoms with Gasteiger partial charge in [-0.15, -0.1) is 24.0 Å². The van der Waals surface area contributed by atoms with Crippen LogP contribution in [-0.2, 0) is 6.42 Å². The summed E-state index contributed by atoms with van der Waals surface area (Å²) in [5, 5.41) is 17.6. The molecule has 1 saturated carbocycles. The summed E-state index contributed by atoms with van der Waals surface area (Å²) in [6.45, 7) is 4.06. The van der Waals surface area contributed by atoms with Gasteiger partial charge < -0.3 is 15.7 Å². The highest BCUT2D eigenvalue weighted by atomic mass is 127. The van der Waals surface area contributed by atoms with Gasteiger partial charge in [-0.2, -0.15) is 0 Å². The first-order chi connectivity index (χ1) is 11.1. The zero-order valence-corrected chi connectivity index (χ0v) is 17.3. The molecule has 0 unspecified atom stereocenters. The van der Waals surface area contributed by atoms with E-state index in [1.165, 1.54) is 6.42 Å². The number of rotatable bonds is 6. The Morgan fingerprint density at radius 3 is 2.67 bits per heavy atom. The van der Waals surface area contributed by atoms with Gasteiger partial charge in [-0.1, -0.05) is 36.9 Å². The Bertz CT molecular complexity index is 504. The van der Waals surface area contributed by atoms with Crippen LogP contribution in [0.15, 0.2) is 23.3 Å². The summed E-state index contributed by atoms with van der Waals surface area (Å²) in [5.41, 5.74) is 0.504. The van der Waals surface area contributed by atoms with Gasteiger partial charge in [0.25, 0.3) is 0 Å². The summed E-state index contributed by atoms with van der Waals surface area (Å²) in [4.78, 5) is 8.64. The average Bonchev–Trinajstić information content (AvgIpc) is 2.55. The van der Waals surface area contributed by atoms with E-state index in [1.54, 1.807) is 12.3 Å². The molecule has 1 fully saturated rings. The van der Waals surface area contributed by atoms with Gasteiger partial charge in [0.2, 0.25) is 0 Å². The lowest BCUT2D eigenvalue weighted by molar-refractivity contribution is 0.0131. The Balaban J connectivity index is 0.00000288. The average molecular weight is 467 g/mol. The van der Waals surface area contributed by atoms with Crippen LogP contribution in [0.5, 0.6) is 0 Å². The molecule has 1 aliphatic rings. The number of nitrogens with zero attached hydrogens (tertiary/aromatic N) is 2. The number of halogens is 2. The van der Waals surface area contributed by atoms with Gasteiger partial charge in [0.05, 0.1) is 12.1 Å². The Hall–Kier alpha value is -0.600. The van der Waals surface area contributed by atoms with Gasteiger partial charge in [-0.3, -0.25) is 4.99 Å². The number of aromatic nitrogens is 1. The van der Waals surface area contributed by atoms with Crippen LogP contribution in [0.2, 0.25) is 5.15 Å². The van der Waals surface area contributed by atoms with Crippen LogP contribution >= 0.6 is 35.6 Å². The third-order valence-corrected chi connectivity index (χ3v) is 4.38. The molecule has 0 radical (unpaired) electrons. The zero-order valence-electron chi connectivity index (χ0n) is 14.2. The molecule has 0 atom stereocenters. The van der Waals surface area contributed by atoms with Crippen molar-refractivity contribution in [3.05, 3.63) is 29.0 Å². The Morgan fingerprint density at radius 2 is 2.04 bits per heavy atom. The highest BCUT2D eigenvalue weighted by Crippen LogP contribution is 2.28. The first-order valence-electron chi connectivity index (χ1n) is 8.46. The minimum atomic E-state index is -0.624. The topological polar surface area (TPSA) is 69.5 Å². The van der Waals surface area contributed by atoms with Gasteiger partial charge in [-0.25, -0.2) is 4.98 Å². The molecule has 3 N–H and O–H groups in total. The largest absolute Gasteiger partial charge is 0.388 e. The van der Waals surface area contributed by atoms with Crippen LogP contribution in [-0.4, -0.2) is 41.3 Å². The van der Waals surface area contributed by atoms with E-state index in [1.807, 2.05) is 13.0 Å². The smallest absolute Gasteiger partial charge is 0.191 e. The van der Waals surface area contributed by atoms with Crippen LogP contribution < -0.4 is 10.6 Å². The van der Waals surface area contributed by atoms with Gasteiger partial charge >= 0.3 is 0 Å². The van der Waals surface area contributed by atoms with E-state index < -0.39 is 5.60 Å². The summed E-state index contributed by atoms with van der Waals surface area (Å²) in [6, 6.07) is 3.78. The van der Waals surface area contributed by atoms with E-state index >= 15 is 0 Å². The van der Waals surface area contributed by atoms with Crippen molar-refractivity contribution in [2.24, 2.45) is 4.99 Å². The van der Waals surface area contributed by atoms with Crippen LogP contribution in [0.25, 0.3) is 0 Å². The van der Waals surface area contributed by atoms with Crippen molar-refractivity contribution in [1.82, 2.24) is 15.6 Å². The van der Waals surface area contributed by atoms with Crippen LogP contribution in [0.1, 0.15) is 44.6 Å². The molecule has 0 aromatic carbocycles. The molecule has 0 aliphatic heterocycles. The molecule has 0 amide bonds. The zero-order chi connectivity index (χ0) is 16.5. The van der Waals surface area contributed by atoms with Gasteiger partial charge in [-0.05, 0) is 37.8 Å². The van der Waals surface area contributed by atoms with Crippen LogP contribution in [0.4, 0.5) is 0 Å². The minimum absolute atomic E-state index is 0. The van der Waals surface area contributed by atoms with E-state index in [2.05, 4.69) is 20.6 Å². The standard InChI is InChI=1S/C17H27ClN4O.HI/c1-2-19-16(22-13-17(23)9-4-3-5-10-17)20-11-8-14-6-7-15(18)21-12-14;/h6-7,12,23H,2-5,8-11,13H2,1H3,(H2,19,20,22);1H. The van der Waals surface area contributed by atoms with Crippen molar-refractivity contribution in [2.45, 2.75) is 51.0 Å². The molecule has 0 saturated heterocycles. The lowest BCUT2D eigenvalue weighted by atomic mass is 9.85. The molecule has 1 aromatic heterocycles. The van der Waals surface area contributed by atoms with E-state index in [9.17, 15) is 5.11 Å². The molecule has 1 heterocycles. The molecule has 7 heteroatoms.